The maximum atomic E-state index is 12.7. The molecule has 154 valence electrons. The van der Waals surface area contributed by atoms with E-state index in [1.165, 1.54) is 6.33 Å². The number of amides is 1. The lowest BCUT2D eigenvalue weighted by atomic mass is 9.91. The highest BCUT2D eigenvalue weighted by Gasteiger charge is 2.25. The Kier molecular flexibility index (Phi) is 6.02. The van der Waals surface area contributed by atoms with Gasteiger partial charge in [-0.1, -0.05) is 12.1 Å². The summed E-state index contributed by atoms with van der Waals surface area (Å²) in [6.45, 7) is 3.54. The lowest BCUT2D eigenvalue weighted by Crippen LogP contribution is -2.38. The van der Waals surface area contributed by atoms with E-state index in [1.807, 2.05) is 48.5 Å². The minimum absolute atomic E-state index is 0.179. The number of methoxy groups -OCH3 is 1. The molecule has 0 saturated carbocycles. The van der Waals surface area contributed by atoms with E-state index in [1.54, 1.807) is 7.11 Å². The molecule has 2 aromatic heterocycles. The topological polar surface area (TPSA) is 68.2 Å². The van der Waals surface area contributed by atoms with Crippen molar-refractivity contribution in [1.82, 2.24) is 19.9 Å². The Hall–Kier alpha value is -3.28. The number of carbonyl (C=O) groups excluding carboxylic acids is 1. The third-order valence-electron chi connectivity index (χ3n) is 5.65. The second-order valence-electron chi connectivity index (χ2n) is 7.73. The van der Waals surface area contributed by atoms with Gasteiger partial charge < -0.3 is 9.64 Å². The maximum absolute atomic E-state index is 12.7. The molecule has 1 aliphatic heterocycles. The number of nitrogens with zero attached hydrogens (tertiary/aromatic N) is 4. The van der Waals surface area contributed by atoms with Crippen LogP contribution in [0, 0.1) is 6.92 Å². The van der Waals surface area contributed by atoms with E-state index in [4.69, 9.17) is 9.72 Å². The van der Waals surface area contributed by atoms with Crippen LogP contribution in [0.5, 0.6) is 5.75 Å². The summed E-state index contributed by atoms with van der Waals surface area (Å²) in [6.07, 6.45) is 7.47. The number of ether oxygens (including phenoxy) is 1. The van der Waals surface area contributed by atoms with Crippen molar-refractivity contribution in [3.8, 4) is 16.9 Å². The first kappa shape index (κ1) is 20.0. The van der Waals surface area contributed by atoms with Crippen molar-refractivity contribution in [2.45, 2.75) is 32.1 Å². The summed E-state index contributed by atoms with van der Waals surface area (Å²) in [4.78, 5) is 27.7. The Balaban J connectivity index is 1.39. The summed E-state index contributed by atoms with van der Waals surface area (Å²) in [7, 11) is 1.64. The Morgan fingerprint density at radius 2 is 1.77 bits per heavy atom. The van der Waals surface area contributed by atoms with Crippen LogP contribution in [0.3, 0.4) is 0 Å². The van der Waals surface area contributed by atoms with Crippen molar-refractivity contribution in [1.29, 1.82) is 0 Å². The van der Waals surface area contributed by atoms with Crippen LogP contribution < -0.4 is 4.74 Å². The number of hydrogen-bond donors (Lipinski definition) is 0. The second kappa shape index (κ2) is 9.03. The normalized spacial score (nSPS) is 14.5. The average molecular weight is 402 g/mol. The fourth-order valence-electron chi connectivity index (χ4n) is 3.97. The zero-order valence-electron chi connectivity index (χ0n) is 17.4. The van der Waals surface area contributed by atoms with E-state index in [-0.39, 0.29) is 5.91 Å². The minimum Gasteiger partial charge on any atom is -0.497 e. The van der Waals surface area contributed by atoms with Crippen molar-refractivity contribution < 1.29 is 9.53 Å². The van der Waals surface area contributed by atoms with Gasteiger partial charge in [-0.05, 0) is 55.2 Å². The zero-order valence-corrected chi connectivity index (χ0v) is 17.4. The Bertz CT molecular complexity index is 997. The number of hydrogen-bond acceptors (Lipinski definition) is 5. The molecule has 1 saturated heterocycles. The zero-order chi connectivity index (χ0) is 20.9. The number of pyridine rings is 1. The molecule has 4 rings (SSSR count). The standard InChI is InChI=1S/C24H26N4O2/c1-17-11-20(21-14-25-16-26-15-21)13-23(27-17)19-7-9-28(10-8-19)24(29)12-18-3-5-22(30-2)6-4-18/h3-6,11,13-16,19H,7-10,12H2,1-2H3. The van der Waals surface area contributed by atoms with Gasteiger partial charge in [0, 0.05) is 48.4 Å². The monoisotopic (exact) mass is 402 g/mol. The largest absolute Gasteiger partial charge is 0.497 e. The highest BCUT2D eigenvalue weighted by atomic mass is 16.5. The van der Waals surface area contributed by atoms with E-state index in [0.29, 0.717) is 12.3 Å². The quantitative estimate of drug-likeness (QED) is 0.649. The number of aryl methyl sites for hydroxylation is 1. The summed E-state index contributed by atoms with van der Waals surface area (Å²) in [5.41, 5.74) is 5.19. The molecule has 1 fully saturated rings. The summed E-state index contributed by atoms with van der Waals surface area (Å²) in [5.74, 6) is 1.34. The molecule has 6 nitrogen and oxygen atoms in total. The molecule has 0 aliphatic carbocycles. The minimum atomic E-state index is 0.179. The van der Waals surface area contributed by atoms with Crippen LogP contribution in [-0.4, -0.2) is 46.0 Å². The lowest BCUT2D eigenvalue weighted by Gasteiger charge is -2.32. The molecule has 0 spiro atoms. The van der Waals surface area contributed by atoms with Crippen molar-refractivity contribution in [3.63, 3.8) is 0 Å². The van der Waals surface area contributed by atoms with Crippen LogP contribution in [0.1, 0.15) is 35.7 Å². The van der Waals surface area contributed by atoms with Gasteiger partial charge in [0.1, 0.15) is 12.1 Å². The molecule has 30 heavy (non-hydrogen) atoms. The molecular weight excluding hydrogens is 376 g/mol. The fourth-order valence-corrected chi connectivity index (χ4v) is 3.97. The van der Waals surface area contributed by atoms with E-state index in [0.717, 1.165) is 59.8 Å². The van der Waals surface area contributed by atoms with Crippen LogP contribution in [0.4, 0.5) is 0 Å². The molecule has 0 bridgehead atoms. The second-order valence-corrected chi connectivity index (χ2v) is 7.73. The molecule has 1 aromatic carbocycles. The molecule has 0 unspecified atom stereocenters. The molecule has 0 N–H and O–H groups in total. The molecule has 1 aliphatic rings. The highest BCUT2D eigenvalue weighted by Crippen LogP contribution is 2.30. The van der Waals surface area contributed by atoms with E-state index in [9.17, 15) is 4.79 Å². The third kappa shape index (κ3) is 4.64. The van der Waals surface area contributed by atoms with Crippen LogP contribution in [0.25, 0.3) is 11.1 Å². The lowest BCUT2D eigenvalue weighted by molar-refractivity contribution is -0.131. The molecule has 0 radical (unpaired) electrons. The number of piperidine rings is 1. The summed E-state index contributed by atoms with van der Waals surface area (Å²) < 4.78 is 5.18. The van der Waals surface area contributed by atoms with Gasteiger partial charge in [0.05, 0.1) is 13.5 Å². The molecule has 3 heterocycles. The van der Waals surface area contributed by atoms with Crippen LogP contribution in [0.15, 0.2) is 55.1 Å². The first-order chi connectivity index (χ1) is 14.6. The van der Waals surface area contributed by atoms with Crippen molar-refractivity contribution in [3.05, 3.63) is 72.1 Å². The van der Waals surface area contributed by atoms with Gasteiger partial charge in [0.15, 0.2) is 0 Å². The van der Waals surface area contributed by atoms with E-state index < -0.39 is 0 Å². The predicted molar refractivity (Wildman–Crippen MR) is 115 cm³/mol. The van der Waals surface area contributed by atoms with Crippen molar-refractivity contribution in [2.24, 2.45) is 0 Å². The predicted octanol–water partition coefficient (Wildman–Crippen LogP) is 3.80. The average Bonchev–Trinajstić information content (AvgIpc) is 2.80. The summed E-state index contributed by atoms with van der Waals surface area (Å²) in [5, 5.41) is 0. The van der Waals surface area contributed by atoms with Crippen molar-refractivity contribution >= 4 is 5.91 Å². The van der Waals surface area contributed by atoms with Gasteiger partial charge in [-0.15, -0.1) is 0 Å². The summed E-state index contributed by atoms with van der Waals surface area (Å²) >= 11 is 0. The molecule has 0 atom stereocenters. The van der Waals surface area contributed by atoms with Gasteiger partial charge in [-0.2, -0.15) is 0 Å². The van der Waals surface area contributed by atoms with Crippen LogP contribution >= 0.6 is 0 Å². The van der Waals surface area contributed by atoms with Crippen LogP contribution in [-0.2, 0) is 11.2 Å². The van der Waals surface area contributed by atoms with Crippen LogP contribution in [0.2, 0.25) is 0 Å². The van der Waals surface area contributed by atoms with Gasteiger partial charge in [0.2, 0.25) is 5.91 Å². The first-order valence-electron chi connectivity index (χ1n) is 10.3. The number of likely N-dealkylation sites (tertiary alicyclic amines) is 1. The first-order valence-corrected chi connectivity index (χ1v) is 10.3. The van der Waals surface area contributed by atoms with Crippen molar-refractivity contribution in [2.75, 3.05) is 20.2 Å². The number of rotatable bonds is 5. The Labute approximate surface area is 177 Å². The number of aromatic nitrogens is 3. The third-order valence-corrected chi connectivity index (χ3v) is 5.65. The Morgan fingerprint density at radius 1 is 1.07 bits per heavy atom. The smallest absolute Gasteiger partial charge is 0.226 e. The van der Waals surface area contributed by atoms with E-state index in [2.05, 4.69) is 22.1 Å². The maximum Gasteiger partial charge on any atom is 0.226 e. The molecule has 3 aromatic rings. The highest BCUT2D eigenvalue weighted by molar-refractivity contribution is 5.79. The van der Waals surface area contributed by atoms with E-state index >= 15 is 0 Å². The van der Waals surface area contributed by atoms with Gasteiger partial charge in [0.25, 0.3) is 0 Å². The van der Waals surface area contributed by atoms with Gasteiger partial charge in [-0.25, -0.2) is 9.97 Å². The number of carbonyl (C=O) groups is 1. The Morgan fingerprint density at radius 3 is 2.43 bits per heavy atom. The number of benzene rings is 1. The van der Waals surface area contributed by atoms with Gasteiger partial charge >= 0.3 is 0 Å². The fraction of sp³-hybridized carbons (Fsp3) is 0.333. The molecule has 6 heteroatoms. The molecular formula is C24H26N4O2. The SMILES string of the molecule is COc1ccc(CC(=O)N2CCC(c3cc(-c4cncnc4)cc(C)n3)CC2)cc1. The molecule has 1 amide bonds. The van der Waals surface area contributed by atoms with Gasteiger partial charge in [-0.3, -0.25) is 9.78 Å². The summed E-state index contributed by atoms with van der Waals surface area (Å²) in [6, 6.07) is 11.9.